The standard InChI is InChI=1S/C11H18N4O2/c16-10-11(17)14-7-4-13(5-8-14)6-9-15-3-1-2-12-15/h1-3,16H,4-10H2. The number of carbonyl (C=O) groups excluding carboxylic acids is 1. The van der Waals surface area contributed by atoms with Crippen molar-refractivity contribution in [2.45, 2.75) is 6.54 Å². The van der Waals surface area contributed by atoms with Gasteiger partial charge in [-0.05, 0) is 6.07 Å². The number of piperazine rings is 1. The molecule has 1 N–H and O–H groups in total. The molecule has 0 aromatic carbocycles. The molecule has 1 aliphatic rings. The van der Waals surface area contributed by atoms with Crippen LogP contribution in [0.15, 0.2) is 18.5 Å². The molecule has 1 fully saturated rings. The molecule has 94 valence electrons. The normalized spacial score (nSPS) is 17.4. The Hall–Kier alpha value is -1.40. The quantitative estimate of drug-likeness (QED) is 0.732. The largest absolute Gasteiger partial charge is 0.387 e. The van der Waals surface area contributed by atoms with Crippen LogP contribution >= 0.6 is 0 Å². The summed E-state index contributed by atoms with van der Waals surface area (Å²) in [5, 5.41) is 12.9. The van der Waals surface area contributed by atoms with E-state index in [1.165, 1.54) is 0 Å². The van der Waals surface area contributed by atoms with E-state index < -0.39 is 0 Å². The van der Waals surface area contributed by atoms with Crippen molar-refractivity contribution in [3.05, 3.63) is 18.5 Å². The van der Waals surface area contributed by atoms with Gasteiger partial charge in [0.05, 0.1) is 6.54 Å². The highest BCUT2D eigenvalue weighted by atomic mass is 16.3. The highest BCUT2D eigenvalue weighted by Gasteiger charge is 2.19. The summed E-state index contributed by atoms with van der Waals surface area (Å²) >= 11 is 0. The van der Waals surface area contributed by atoms with Crippen LogP contribution < -0.4 is 0 Å². The van der Waals surface area contributed by atoms with E-state index >= 15 is 0 Å². The van der Waals surface area contributed by atoms with E-state index in [0.717, 1.165) is 26.2 Å². The third kappa shape index (κ3) is 3.28. The molecule has 0 radical (unpaired) electrons. The Morgan fingerprint density at radius 2 is 2.00 bits per heavy atom. The van der Waals surface area contributed by atoms with Gasteiger partial charge in [-0.1, -0.05) is 0 Å². The van der Waals surface area contributed by atoms with Gasteiger partial charge < -0.3 is 10.0 Å². The fourth-order valence-corrected chi connectivity index (χ4v) is 2.00. The number of aliphatic hydroxyl groups is 1. The Labute approximate surface area is 100 Å². The van der Waals surface area contributed by atoms with Crippen LogP contribution in [0, 0.1) is 0 Å². The van der Waals surface area contributed by atoms with Crippen LogP contribution in [0.1, 0.15) is 0 Å². The SMILES string of the molecule is O=C(CO)N1CCN(CCn2cccn2)CC1. The van der Waals surface area contributed by atoms with Gasteiger partial charge in [0.1, 0.15) is 6.61 Å². The molecule has 0 aliphatic carbocycles. The van der Waals surface area contributed by atoms with Gasteiger partial charge in [-0.15, -0.1) is 0 Å². The zero-order chi connectivity index (χ0) is 12.1. The van der Waals surface area contributed by atoms with Gasteiger partial charge in [-0.3, -0.25) is 14.4 Å². The summed E-state index contributed by atoms with van der Waals surface area (Å²) < 4.78 is 1.91. The Morgan fingerprint density at radius 1 is 1.24 bits per heavy atom. The summed E-state index contributed by atoms with van der Waals surface area (Å²) in [6.45, 7) is 4.59. The topological polar surface area (TPSA) is 61.6 Å². The molecule has 0 spiro atoms. The summed E-state index contributed by atoms with van der Waals surface area (Å²) in [6.07, 6.45) is 3.73. The number of aromatic nitrogens is 2. The van der Waals surface area contributed by atoms with Crippen molar-refractivity contribution in [1.29, 1.82) is 0 Å². The first-order valence-electron chi connectivity index (χ1n) is 5.88. The summed E-state index contributed by atoms with van der Waals surface area (Å²) in [4.78, 5) is 15.3. The second kappa shape index (κ2) is 5.79. The molecule has 2 heterocycles. The number of hydrogen-bond acceptors (Lipinski definition) is 4. The molecule has 1 saturated heterocycles. The summed E-state index contributed by atoms with van der Waals surface area (Å²) in [5.41, 5.74) is 0. The number of rotatable bonds is 4. The smallest absolute Gasteiger partial charge is 0.248 e. The van der Waals surface area contributed by atoms with Crippen molar-refractivity contribution in [3.8, 4) is 0 Å². The lowest BCUT2D eigenvalue weighted by Gasteiger charge is -2.34. The van der Waals surface area contributed by atoms with Gasteiger partial charge in [0.25, 0.3) is 0 Å². The second-order valence-electron chi connectivity index (χ2n) is 4.15. The van der Waals surface area contributed by atoms with Crippen LogP contribution in [0.5, 0.6) is 0 Å². The van der Waals surface area contributed by atoms with Gasteiger partial charge in [0.2, 0.25) is 5.91 Å². The van der Waals surface area contributed by atoms with Crippen LogP contribution in [-0.2, 0) is 11.3 Å². The maximum atomic E-state index is 11.3. The predicted octanol–water partition coefficient (Wildman–Crippen LogP) is -0.980. The lowest BCUT2D eigenvalue weighted by Crippen LogP contribution is -2.50. The highest BCUT2D eigenvalue weighted by Crippen LogP contribution is 2.02. The van der Waals surface area contributed by atoms with Crippen molar-refractivity contribution in [3.63, 3.8) is 0 Å². The van der Waals surface area contributed by atoms with Crippen molar-refractivity contribution in [2.24, 2.45) is 0 Å². The lowest BCUT2D eigenvalue weighted by atomic mass is 10.3. The van der Waals surface area contributed by atoms with Gasteiger partial charge in [-0.25, -0.2) is 0 Å². The summed E-state index contributed by atoms with van der Waals surface area (Å²) in [7, 11) is 0. The van der Waals surface area contributed by atoms with E-state index in [2.05, 4.69) is 10.00 Å². The zero-order valence-corrected chi connectivity index (χ0v) is 9.83. The number of carbonyl (C=O) groups is 1. The number of hydrogen-bond donors (Lipinski definition) is 1. The molecule has 2 rings (SSSR count). The summed E-state index contributed by atoms with van der Waals surface area (Å²) in [6, 6.07) is 1.91. The minimum absolute atomic E-state index is 0.170. The third-order valence-corrected chi connectivity index (χ3v) is 3.06. The third-order valence-electron chi connectivity index (χ3n) is 3.06. The number of aliphatic hydroxyl groups excluding tert-OH is 1. The highest BCUT2D eigenvalue weighted by molar-refractivity contribution is 5.77. The van der Waals surface area contributed by atoms with Gasteiger partial charge >= 0.3 is 0 Å². The molecule has 6 nitrogen and oxygen atoms in total. The molecule has 0 saturated carbocycles. The Morgan fingerprint density at radius 3 is 2.59 bits per heavy atom. The first-order valence-corrected chi connectivity index (χ1v) is 5.88. The molecular weight excluding hydrogens is 220 g/mol. The van der Waals surface area contributed by atoms with Crippen LogP contribution in [-0.4, -0.2) is 69.9 Å². The fraction of sp³-hybridized carbons (Fsp3) is 0.636. The minimum Gasteiger partial charge on any atom is -0.387 e. The molecule has 0 unspecified atom stereocenters. The van der Waals surface area contributed by atoms with Crippen molar-refractivity contribution in [2.75, 3.05) is 39.3 Å². The lowest BCUT2D eigenvalue weighted by molar-refractivity contribution is -0.135. The number of nitrogens with zero attached hydrogens (tertiary/aromatic N) is 4. The van der Waals surface area contributed by atoms with E-state index in [-0.39, 0.29) is 12.5 Å². The zero-order valence-electron chi connectivity index (χ0n) is 9.83. The number of amides is 1. The van der Waals surface area contributed by atoms with Crippen LogP contribution in [0.2, 0.25) is 0 Å². The van der Waals surface area contributed by atoms with E-state index in [0.29, 0.717) is 13.1 Å². The van der Waals surface area contributed by atoms with Crippen molar-refractivity contribution in [1.82, 2.24) is 19.6 Å². The van der Waals surface area contributed by atoms with E-state index in [9.17, 15) is 4.79 Å². The molecular formula is C11H18N4O2. The van der Waals surface area contributed by atoms with E-state index in [1.807, 2.05) is 16.9 Å². The molecule has 1 aromatic heterocycles. The van der Waals surface area contributed by atoms with Gasteiger partial charge in [0.15, 0.2) is 0 Å². The van der Waals surface area contributed by atoms with Crippen LogP contribution in [0.4, 0.5) is 0 Å². The Balaban J connectivity index is 1.70. The molecule has 6 heteroatoms. The maximum absolute atomic E-state index is 11.3. The molecule has 1 aliphatic heterocycles. The van der Waals surface area contributed by atoms with Gasteiger partial charge in [-0.2, -0.15) is 5.10 Å². The van der Waals surface area contributed by atoms with E-state index in [1.54, 1.807) is 11.1 Å². The molecule has 17 heavy (non-hydrogen) atoms. The molecule has 1 aromatic rings. The fourth-order valence-electron chi connectivity index (χ4n) is 2.00. The first kappa shape index (κ1) is 12.1. The average molecular weight is 238 g/mol. The Kier molecular flexibility index (Phi) is 4.11. The van der Waals surface area contributed by atoms with Crippen LogP contribution in [0.25, 0.3) is 0 Å². The second-order valence-corrected chi connectivity index (χ2v) is 4.15. The average Bonchev–Trinajstić information content (AvgIpc) is 2.89. The molecule has 0 atom stereocenters. The predicted molar refractivity (Wildman–Crippen MR) is 62.3 cm³/mol. The molecule has 0 bridgehead atoms. The van der Waals surface area contributed by atoms with Crippen LogP contribution in [0.3, 0.4) is 0 Å². The maximum Gasteiger partial charge on any atom is 0.248 e. The first-order chi connectivity index (χ1) is 8.29. The summed E-state index contributed by atoms with van der Waals surface area (Å²) in [5.74, 6) is -0.170. The van der Waals surface area contributed by atoms with E-state index in [4.69, 9.17) is 5.11 Å². The Bertz CT molecular complexity index is 344. The molecule has 1 amide bonds. The minimum atomic E-state index is -0.382. The van der Waals surface area contributed by atoms with Crippen molar-refractivity contribution >= 4 is 5.91 Å². The van der Waals surface area contributed by atoms with Crippen molar-refractivity contribution < 1.29 is 9.90 Å². The van der Waals surface area contributed by atoms with Gasteiger partial charge in [0, 0.05) is 45.1 Å². The monoisotopic (exact) mass is 238 g/mol.